The number of rotatable bonds is 6. The van der Waals surface area contributed by atoms with Crippen LogP contribution in [0.5, 0.6) is 17.2 Å². The van der Waals surface area contributed by atoms with E-state index in [1.54, 1.807) is 48.5 Å². The normalized spacial score (nSPS) is 16.3. The molecule has 2 aliphatic heterocycles. The molecule has 0 saturated carbocycles. The second-order valence-corrected chi connectivity index (χ2v) is 7.02. The molecule has 9 heteroatoms. The monoisotopic (exact) mass is 440 g/mol. The number of thiocarbonyl (C=S) groups is 1. The highest BCUT2D eigenvalue weighted by molar-refractivity contribution is 7.80. The molecular formula is C22H20N2O6S. The van der Waals surface area contributed by atoms with Crippen LogP contribution < -0.4 is 19.1 Å². The first-order valence-corrected chi connectivity index (χ1v) is 9.99. The number of esters is 1. The van der Waals surface area contributed by atoms with E-state index in [-0.39, 0.29) is 30.1 Å². The zero-order valence-corrected chi connectivity index (χ0v) is 17.8. The summed E-state index contributed by atoms with van der Waals surface area (Å²) in [7, 11) is 1.29. The maximum Gasteiger partial charge on any atom is 0.325 e. The molecule has 2 aliphatic rings. The minimum Gasteiger partial charge on any atom is -0.494 e. The van der Waals surface area contributed by atoms with Crippen LogP contribution >= 0.6 is 12.2 Å². The van der Waals surface area contributed by atoms with Gasteiger partial charge in [0.2, 0.25) is 6.79 Å². The van der Waals surface area contributed by atoms with Gasteiger partial charge in [0.25, 0.3) is 5.91 Å². The van der Waals surface area contributed by atoms with Crippen molar-refractivity contribution in [1.29, 1.82) is 0 Å². The summed E-state index contributed by atoms with van der Waals surface area (Å²) in [5.74, 6) is 1.05. The Morgan fingerprint density at radius 1 is 1.16 bits per heavy atom. The summed E-state index contributed by atoms with van der Waals surface area (Å²) < 4.78 is 21.0. The van der Waals surface area contributed by atoms with E-state index < -0.39 is 5.97 Å². The first-order valence-electron chi connectivity index (χ1n) is 9.58. The zero-order valence-electron chi connectivity index (χ0n) is 17.0. The van der Waals surface area contributed by atoms with Crippen molar-refractivity contribution in [2.75, 3.05) is 32.0 Å². The third-order valence-corrected chi connectivity index (χ3v) is 5.16. The molecule has 8 nitrogen and oxygen atoms in total. The summed E-state index contributed by atoms with van der Waals surface area (Å²) in [6.07, 6.45) is 1.66. The molecule has 0 unspecified atom stereocenters. The lowest BCUT2D eigenvalue weighted by atomic mass is 10.1. The Morgan fingerprint density at radius 3 is 2.61 bits per heavy atom. The molecule has 2 aromatic rings. The fraction of sp³-hybridized carbons (Fsp3) is 0.227. The van der Waals surface area contributed by atoms with Gasteiger partial charge in [-0.25, -0.2) is 0 Å². The molecule has 160 valence electrons. The molecule has 4 rings (SSSR count). The first kappa shape index (κ1) is 20.7. The number of carbonyl (C=O) groups is 2. The number of ether oxygens (including phenoxy) is 4. The molecule has 0 spiro atoms. The minimum absolute atomic E-state index is 0.151. The molecule has 1 fully saturated rings. The Morgan fingerprint density at radius 2 is 1.90 bits per heavy atom. The van der Waals surface area contributed by atoms with Crippen molar-refractivity contribution in [1.82, 2.24) is 4.90 Å². The number of carbonyl (C=O) groups excluding carboxylic acids is 2. The highest BCUT2D eigenvalue weighted by Gasteiger charge is 2.40. The quantitative estimate of drug-likeness (QED) is 0.386. The summed E-state index contributed by atoms with van der Waals surface area (Å²) >= 11 is 5.55. The highest BCUT2D eigenvalue weighted by atomic mass is 32.1. The number of anilines is 1. The molecule has 2 aromatic carbocycles. The van der Waals surface area contributed by atoms with E-state index in [0.29, 0.717) is 35.1 Å². The Hall–Kier alpha value is -3.59. The van der Waals surface area contributed by atoms with Crippen LogP contribution in [0, 0.1) is 0 Å². The summed E-state index contributed by atoms with van der Waals surface area (Å²) in [6, 6.07) is 12.3. The number of nitrogens with zero attached hydrogens (tertiary/aromatic N) is 2. The van der Waals surface area contributed by atoms with Gasteiger partial charge in [0.15, 0.2) is 16.6 Å². The van der Waals surface area contributed by atoms with Gasteiger partial charge in [0, 0.05) is 0 Å². The molecule has 0 radical (unpaired) electrons. The van der Waals surface area contributed by atoms with Gasteiger partial charge in [-0.2, -0.15) is 0 Å². The van der Waals surface area contributed by atoms with Crippen molar-refractivity contribution in [3.63, 3.8) is 0 Å². The summed E-state index contributed by atoms with van der Waals surface area (Å²) in [5, 5.41) is 0.187. The van der Waals surface area contributed by atoms with Crippen LogP contribution in [0.3, 0.4) is 0 Å². The number of benzene rings is 2. The molecule has 1 amide bonds. The van der Waals surface area contributed by atoms with Crippen LogP contribution in [0.2, 0.25) is 0 Å². The molecule has 0 bridgehead atoms. The van der Waals surface area contributed by atoms with Crippen LogP contribution in [0.1, 0.15) is 12.5 Å². The summed E-state index contributed by atoms with van der Waals surface area (Å²) in [6.45, 7) is 2.39. The smallest absolute Gasteiger partial charge is 0.325 e. The number of hydrogen-bond donors (Lipinski definition) is 0. The molecule has 0 atom stereocenters. The Labute approximate surface area is 184 Å². The van der Waals surface area contributed by atoms with Gasteiger partial charge in [-0.3, -0.25) is 14.5 Å². The second-order valence-electron chi connectivity index (χ2n) is 6.65. The van der Waals surface area contributed by atoms with Crippen LogP contribution in [0.4, 0.5) is 5.69 Å². The lowest BCUT2D eigenvalue weighted by molar-refractivity contribution is -0.140. The molecule has 0 aliphatic carbocycles. The predicted octanol–water partition coefficient (Wildman–Crippen LogP) is 2.96. The topological polar surface area (TPSA) is 77.5 Å². The average molecular weight is 440 g/mol. The van der Waals surface area contributed by atoms with Crippen LogP contribution in [-0.4, -0.2) is 48.9 Å². The van der Waals surface area contributed by atoms with Crippen molar-refractivity contribution >= 4 is 41.0 Å². The van der Waals surface area contributed by atoms with Crippen LogP contribution in [0.15, 0.2) is 48.2 Å². The van der Waals surface area contributed by atoms with E-state index in [9.17, 15) is 9.59 Å². The van der Waals surface area contributed by atoms with Crippen LogP contribution in [-0.2, 0) is 14.3 Å². The standard InChI is InChI=1S/C22H20N2O6S/c1-3-28-16-7-5-15(6-8-16)24-21(26)17(23(22(24)31)12-20(25)27-2)10-14-4-9-18-19(11-14)30-13-29-18/h4-11H,3,12-13H2,1-2H3/b17-10-. The van der Waals surface area contributed by atoms with E-state index in [2.05, 4.69) is 0 Å². The van der Waals surface area contributed by atoms with E-state index >= 15 is 0 Å². The van der Waals surface area contributed by atoms with Gasteiger partial charge in [0.1, 0.15) is 18.0 Å². The van der Waals surface area contributed by atoms with Gasteiger partial charge >= 0.3 is 5.97 Å². The zero-order chi connectivity index (χ0) is 22.0. The summed E-state index contributed by atoms with van der Waals surface area (Å²) in [5.41, 5.74) is 1.53. The van der Waals surface area contributed by atoms with Gasteiger partial charge in [-0.05, 0) is 67.2 Å². The lowest BCUT2D eigenvalue weighted by Crippen LogP contribution is -2.35. The second kappa shape index (κ2) is 8.65. The number of methoxy groups -OCH3 is 1. The molecule has 31 heavy (non-hydrogen) atoms. The van der Waals surface area contributed by atoms with Crippen molar-refractivity contribution < 1.29 is 28.5 Å². The molecule has 2 heterocycles. The minimum atomic E-state index is -0.514. The van der Waals surface area contributed by atoms with Gasteiger partial charge in [-0.1, -0.05) is 6.07 Å². The van der Waals surface area contributed by atoms with Crippen molar-refractivity contribution in [3.8, 4) is 17.2 Å². The fourth-order valence-corrected chi connectivity index (χ4v) is 3.62. The average Bonchev–Trinajstić information content (AvgIpc) is 3.32. The maximum absolute atomic E-state index is 13.3. The van der Waals surface area contributed by atoms with Crippen molar-refractivity contribution in [2.45, 2.75) is 6.92 Å². The summed E-state index contributed by atoms with van der Waals surface area (Å²) in [4.78, 5) is 28.2. The molecule has 1 saturated heterocycles. The third kappa shape index (κ3) is 4.04. The van der Waals surface area contributed by atoms with Gasteiger partial charge in [0.05, 0.1) is 19.4 Å². The number of fused-ring (bicyclic) bond motifs is 1. The SMILES string of the molecule is CCOc1ccc(N2C(=O)/C(=C/c3ccc4c(c3)OCO4)N(CC(=O)OC)C2=S)cc1. The van der Waals surface area contributed by atoms with E-state index in [1.165, 1.54) is 16.9 Å². The van der Waals surface area contributed by atoms with Gasteiger partial charge in [-0.15, -0.1) is 0 Å². The number of hydrogen-bond acceptors (Lipinski definition) is 7. The van der Waals surface area contributed by atoms with E-state index in [0.717, 1.165) is 0 Å². The Kier molecular flexibility index (Phi) is 5.77. The first-order chi connectivity index (χ1) is 15.0. The van der Waals surface area contributed by atoms with Crippen molar-refractivity contribution in [3.05, 3.63) is 53.7 Å². The third-order valence-electron chi connectivity index (χ3n) is 4.76. The predicted molar refractivity (Wildman–Crippen MR) is 117 cm³/mol. The van der Waals surface area contributed by atoms with Crippen LogP contribution in [0.25, 0.3) is 6.08 Å². The maximum atomic E-state index is 13.3. The van der Waals surface area contributed by atoms with Gasteiger partial charge < -0.3 is 23.8 Å². The fourth-order valence-electron chi connectivity index (χ4n) is 3.27. The van der Waals surface area contributed by atoms with E-state index in [4.69, 9.17) is 31.2 Å². The number of amides is 1. The lowest BCUT2D eigenvalue weighted by Gasteiger charge is -2.19. The molecule has 0 aromatic heterocycles. The highest BCUT2D eigenvalue weighted by Crippen LogP contribution is 2.35. The molecule has 0 N–H and O–H groups in total. The Balaban J connectivity index is 1.70. The largest absolute Gasteiger partial charge is 0.494 e. The molecular weight excluding hydrogens is 420 g/mol. The Bertz CT molecular complexity index is 1070. The van der Waals surface area contributed by atoms with E-state index in [1.807, 2.05) is 6.92 Å². The van der Waals surface area contributed by atoms with Crippen molar-refractivity contribution in [2.24, 2.45) is 0 Å².